The van der Waals surface area contributed by atoms with Gasteiger partial charge in [-0.25, -0.2) is 4.68 Å². The lowest BCUT2D eigenvalue weighted by molar-refractivity contribution is 0.0550. The Labute approximate surface area is 148 Å². The summed E-state index contributed by atoms with van der Waals surface area (Å²) >= 11 is 0. The zero-order valence-electron chi connectivity index (χ0n) is 14.5. The highest BCUT2D eigenvalue weighted by atomic mass is 16.5. The summed E-state index contributed by atoms with van der Waals surface area (Å²) in [5, 5.41) is 12.8. The van der Waals surface area contributed by atoms with Gasteiger partial charge in [0.05, 0.1) is 11.7 Å². The normalized spacial score (nSPS) is 27.2. The summed E-state index contributed by atoms with van der Waals surface area (Å²) in [5.41, 5.74) is 3.40. The minimum Gasteiger partial charge on any atom is -0.381 e. The van der Waals surface area contributed by atoms with Crippen molar-refractivity contribution >= 4 is 0 Å². The topological polar surface area (TPSA) is 55.2 Å². The van der Waals surface area contributed by atoms with E-state index in [0.717, 1.165) is 50.0 Å². The Balaban J connectivity index is 1.34. The molecular weight excluding hydrogens is 314 g/mol. The zero-order chi connectivity index (χ0) is 16.6. The van der Waals surface area contributed by atoms with Gasteiger partial charge in [0.2, 0.25) is 0 Å². The average molecular weight is 339 g/mol. The number of hydrogen-bond acceptors (Lipinski definition) is 5. The van der Waals surface area contributed by atoms with Crippen molar-refractivity contribution < 1.29 is 4.74 Å². The van der Waals surface area contributed by atoms with Crippen molar-refractivity contribution in [2.24, 2.45) is 5.92 Å². The Bertz CT molecular complexity index is 725. The molecular formula is C19H25N5O. The Kier molecular flexibility index (Phi) is 4.04. The van der Waals surface area contributed by atoms with Gasteiger partial charge in [-0.1, -0.05) is 35.5 Å². The molecule has 2 fully saturated rings. The molecule has 25 heavy (non-hydrogen) atoms. The predicted molar refractivity (Wildman–Crippen MR) is 95.1 cm³/mol. The van der Waals surface area contributed by atoms with Crippen molar-refractivity contribution in [3.8, 4) is 11.3 Å². The summed E-state index contributed by atoms with van der Waals surface area (Å²) in [5.74, 6) is 0.781. The molecule has 2 atom stereocenters. The van der Waals surface area contributed by atoms with Crippen LogP contribution in [0.25, 0.3) is 11.3 Å². The van der Waals surface area contributed by atoms with Crippen LogP contribution < -0.4 is 5.32 Å². The van der Waals surface area contributed by atoms with Crippen LogP contribution in [0.4, 0.5) is 0 Å². The molecule has 3 aliphatic rings. The van der Waals surface area contributed by atoms with E-state index < -0.39 is 0 Å². The van der Waals surface area contributed by atoms with E-state index in [2.05, 4.69) is 49.5 Å². The van der Waals surface area contributed by atoms with Crippen LogP contribution in [0.15, 0.2) is 30.3 Å². The first-order valence-corrected chi connectivity index (χ1v) is 9.41. The predicted octanol–water partition coefficient (Wildman–Crippen LogP) is 1.70. The highest BCUT2D eigenvalue weighted by Gasteiger charge is 2.40. The second-order valence-electron chi connectivity index (χ2n) is 7.52. The quantitative estimate of drug-likeness (QED) is 0.922. The van der Waals surface area contributed by atoms with E-state index in [0.29, 0.717) is 12.1 Å². The molecule has 2 saturated heterocycles. The molecule has 0 radical (unpaired) electrons. The number of nitrogens with zero attached hydrogens (tertiary/aromatic N) is 4. The van der Waals surface area contributed by atoms with Crippen LogP contribution in [0.1, 0.15) is 24.6 Å². The largest absolute Gasteiger partial charge is 0.381 e. The number of rotatable bonds is 3. The van der Waals surface area contributed by atoms with Gasteiger partial charge in [0.25, 0.3) is 0 Å². The lowest BCUT2D eigenvalue weighted by Gasteiger charge is -2.27. The first-order valence-electron chi connectivity index (χ1n) is 9.41. The Morgan fingerprint density at radius 2 is 1.96 bits per heavy atom. The minimum atomic E-state index is 0.397. The van der Waals surface area contributed by atoms with E-state index in [-0.39, 0.29) is 0 Å². The van der Waals surface area contributed by atoms with Crippen LogP contribution >= 0.6 is 0 Å². The van der Waals surface area contributed by atoms with Crippen LogP contribution in [-0.2, 0) is 11.3 Å². The molecule has 6 nitrogen and oxygen atoms in total. The third kappa shape index (κ3) is 2.88. The number of hydrogen-bond donors (Lipinski definition) is 1. The number of likely N-dealkylation sites (tertiary alicyclic amines) is 1. The van der Waals surface area contributed by atoms with Gasteiger partial charge in [0.1, 0.15) is 5.69 Å². The molecule has 0 saturated carbocycles. The molecule has 1 aromatic heterocycles. The Hall–Kier alpha value is -1.76. The summed E-state index contributed by atoms with van der Waals surface area (Å²) in [6.07, 6.45) is 2.40. The molecule has 5 rings (SSSR count). The van der Waals surface area contributed by atoms with Crippen molar-refractivity contribution in [2.75, 3.05) is 32.8 Å². The van der Waals surface area contributed by atoms with Gasteiger partial charge < -0.3 is 10.1 Å². The summed E-state index contributed by atoms with van der Waals surface area (Å²) in [4.78, 5) is 2.61. The number of benzene rings is 1. The van der Waals surface area contributed by atoms with E-state index in [1.54, 1.807) is 0 Å². The fourth-order valence-corrected chi connectivity index (χ4v) is 4.55. The molecule has 0 amide bonds. The van der Waals surface area contributed by atoms with Gasteiger partial charge in [-0.05, 0) is 18.8 Å². The van der Waals surface area contributed by atoms with Gasteiger partial charge in [0.15, 0.2) is 0 Å². The number of aromatic nitrogens is 3. The van der Waals surface area contributed by atoms with Crippen LogP contribution in [-0.4, -0.2) is 58.8 Å². The van der Waals surface area contributed by atoms with Gasteiger partial charge in [-0.3, -0.25) is 4.90 Å². The molecule has 1 aromatic carbocycles. The highest BCUT2D eigenvalue weighted by molar-refractivity contribution is 5.61. The average Bonchev–Trinajstić information content (AvgIpc) is 3.26. The minimum absolute atomic E-state index is 0.397. The molecule has 1 N–H and O–H groups in total. The van der Waals surface area contributed by atoms with Crippen molar-refractivity contribution in [3.05, 3.63) is 36.0 Å². The van der Waals surface area contributed by atoms with Crippen molar-refractivity contribution in [3.63, 3.8) is 0 Å². The maximum Gasteiger partial charge on any atom is 0.117 e. The van der Waals surface area contributed by atoms with Crippen molar-refractivity contribution in [1.82, 2.24) is 25.2 Å². The fourth-order valence-electron chi connectivity index (χ4n) is 4.55. The second-order valence-corrected chi connectivity index (χ2v) is 7.52. The number of nitrogens with one attached hydrogen (secondary N) is 1. The van der Waals surface area contributed by atoms with Crippen molar-refractivity contribution in [1.29, 1.82) is 0 Å². The smallest absolute Gasteiger partial charge is 0.117 e. The molecule has 3 aliphatic heterocycles. The molecule has 132 valence electrons. The summed E-state index contributed by atoms with van der Waals surface area (Å²) in [6.45, 7) is 6.08. The lowest BCUT2D eigenvalue weighted by Crippen LogP contribution is -2.42. The van der Waals surface area contributed by atoms with Crippen LogP contribution in [0.2, 0.25) is 0 Å². The molecule has 2 aromatic rings. The van der Waals surface area contributed by atoms with E-state index in [4.69, 9.17) is 4.74 Å². The van der Waals surface area contributed by atoms with Crippen LogP contribution in [0, 0.1) is 5.92 Å². The van der Waals surface area contributed by atoms with Gasteiger partial charge >= 0.3 is 0 Å². The van der Waals surface area contributed by atoms with Crippen molar-refractivity contribution in [2.45, 2.75) is 31.5 Å². The highest BCUT2D eigenvalue weighted by Crippen LogP contribution is 2.32. The fraction of sp³-hybridized carbons (Fsp3) is 0.579. The number of ether oxygens (including phenoxy) is 1. The molecule has 4 heterocycles. The maximum absolute atomic E-state index is 5.50. The van der Waals surface area contributed by atoms with E-state index in [9.17, 15) is 0 Å². The molecule has 0 spiro atoms. The third-order valence-corrected chi connectivity index (χ3v) is 5.91. The summed E-state index contributed by atoms with van der Waals surface area (Å²) < 4.78 is 7.68. The van der Waals surface area contributed by atoms with Gasteiger partial charge in [-0.15, -0.1) is 5.10 Å². The van der Waals surface area contributed by atoms with E-state index in [1.165, 1.54) is 25.1 Å². The summed E-state index contributed by atoms with van der Waals surface area (Å²) in [6, 6.07) is 11.3. The second kappa shape index (κ2) is 6.52. The molecule has 0 unspecified atom stereocenters. The molecule has 0 bridgehead atoms. The maximum atomic E-state index is 5.50. The van der Waals surface area contributed by atoms with Crippen LogP contribution in [0.5, 0.6) is 0 Å². The lowest BCUT2D eigenvalue weighted by atomic mass is 10.00. The number of fused-ring (bicyclic) bond motifs is 3. The summed E-state index contributed by atoms with van der Waals surface area (Å²) in [7, 11) is 0. The van der Waals surface area contributed by atoms with Crippen LogP contribution in [0.3, 0.4) is 0 Å². The first kappa shape index (κ1) is 15.5. The zero-order valence-corrected chi connectivity index (χ0v) is 14.5. The molecule has 6 heteroatoms. The monoisotopic (exact) mass is 339 g/mol. The van der Waals surface area contributed by atoms with Gasteiger partial charge in [-0.2, -0.15) is 0 Å². The standard InChI is InChI=1S/C19H25N5O/c1-2-4-15(5-3-1)19-17-10-20-16-12-23(11-14-6-8-25-9-7-14)13-18(16)24(17)22-21-19/h1-5,14,16,18,20H,6-13H2/t16-,18-/m1/s1. The van der Waals surface area contributed by atoms with Gasteiger partial charge in [0, 0.05) is 51.0 Å². The first-order chi connectivity index (χ1) is 12.4. The third-order valence-electron chi connectivity index (χ3n) is 5.91. The Morgan fingerprint density at radius 1 is 1.12 bits per heavy atom. The Morgan fingerprint density at radius 3 is 2.80 bits per heavy atom. The SMILES string of the molecule is c1ccc(-c2nnn3c2CN[C@@H]2CN(CC4CCOCC4)C[C@H]23)cc1. The van der Waals surface area contributed by atoms with E-state index >= 15 is 0 Å². The van der Waals surface area contributed by atoms with E-state index in [1.807, 2.05) is 6.07 Å². The molecule has 0 aliphatic carbocycles.